The van der Waals surface area contributed by atoms with E-state index in [0.717, 1.165) is 12.8 Å². The Morgan fingerprint density at radius 1 is 1.18 bits per heavy atom. The largest absolute Gasteiger partial charge is 0.339 e. The second kappa shape index (κ2) is 6.24. The molecule has 2 bridgehead atoms. The van der Waals surface area contributed by atoms with Gasteiger partial charge in [0.2, 0.25) is 5.91 Å². The Morgan fingerprint density at radius 3 is 2.64 bits per heavy atom. The third-order valence-corrected chi connectivity index (χ3v) is 5.62. The van der Waals surface area contributed by atoms with Crippen molar-refractivity contribution in [3.63, 3.8) is 0 Å². The van der Waals surface area contributed by atoms with Crippen molar-refractivity contribution in [3.05, 3.63) is 0 Å². The number of hydrogen-bond donors (Lipinski definition) is 2. The second-order valence-corrected chi connectivity index (χ2v) is 7.05. The van der Waals surface area contributed by atoms with Gasteiger partial charge < -0.3 is 20.4 Å². The maximum absolute atomic E-state index is 12.6. The number of hydrogen-bond acceptors (Lipinski definition) is 3. The van der Waals surface area contributed by atoms with E-state index in [2.05, 4.69) is 10.6 Å². The van der Waals surface area contributed by atoms with Crippen molar-refractivity contribution in [1.29, 1.82) is 0 Å². The second-order valence-electron chi connectivity index (χ2n) is 7.05. The Labute approximate surface area is 137 Å². The zero-order valence-electron chi connectivity index (χ0n) is 12.8. The van der Waals surface area contributed by atoms with Gasteiger partial charge in [-0.05, 0) is 31.6 Å². The van der Waals surface area contributed by atoms with Gasteiger partial charge in [0, 0.05) is 44.7 Å². The molecule has 3 amide bonds. The molecule has 7 heteroatoms. The molecule has 0 aromatic heterocycles. The number of piperazine rings is 1. The smallest absolute Gasteiger partial charge is 0.317 e. The summed E-state index contributed by atoms with van der Waals surface area (Å²) in [4.78, 5) is 28.0. The highest BCUT2D eigenvalue weighted by Gasteiger charge is 2.38. The number of carbonyl (C=O) groups is 2. The number of carbonyl (C=O) groups excluding carboxylic acids is 2. The van der Waals surface area contributed by atoms with Gasteiger partial charge in [-0.1, -0.05) is 0 Å². The van der Waals surface area contributed by atoms with Crippen LogP contribution in [0.4, 0.5) is 4.79 Å². The minimum Gasteiger partial charge on any atom is -0.339 e. The number of halogens is 1. The highest BCUT2D eigenvalue weighted by atomic mass is 35.5. The summed E-state index contributed by atoms with van der Waals surface area (Å²) in [6, 6.07) is 1.51. The van der Waals surface area contributed by atoms with Crippen LogP contribution in [0.3, 0.4) is 0 Å². The van der Waals surface area contributed by atoms with E-state index in [1.807, 2.05) is 9.80 Å². The van der Waals surface area contributed by atoms with Gasteiger partial charge in [-0.25, -0.2) is 4.79 Å². The van der Waals surface area contributed by atoms with Gasteiger partial charge in [-0.3, -0.25) is 4.79 Å². The molecule has 22 heavy (non-hydrogen) atoms. The Bertz CT molecular complexity index is 449. The standard InChI is InChI=1S/C15H24N4O2.ClH/c20-14(7-10-5-11-1-2-12(6-10)17-11)18-3-4-19-13(9-18)8-16-15(19)21;/h10-13,17H,1-9H2,(H,16,21);1H. The summed E-state index contributed by atoms with van der Waals surface area (Å²) < 4.78 is 0. The molecule has 124 valence electrons. The minimum atomic E-state index is 0. The summed E-state index contributed by atoms with van der Waals surface area (Å²) in [5.74, 6) is 0.845. The molecular weight excluding hydrogens is 304 g/mol. The van der Waals surface area contributed by atoms with Crippen LogP contribution in [0.1, 0.15) is 32.1 Å². The van der Waals surface area contributed by atoms with Crippen LogP contribution < -0.4 is 10.6 Å². The highest BCUT2D eigenvalue weighted by molar-refractivity contribution is 5.85. The fourth-order valence-electron chi connectivity index (χ4n) is 4.55. The highest BCUT2D eigenvalue weighted by Crippen LogP contribution is 2.33. The lowest BCUT2D eigenvalue weighted by Crippen LogP contribution is -2.54. The summed E-state index contributed by atoms with van der Waals surface area (Å²) in [6.45, 7) is 2.76. The molecule has 6 nitrogen and oxygen atoms in total. The van der Waals surface area contributed by atoms with Crippen LogP contribution >= 0.6 is 12.4 Å². The first kappa shape index (κ1) is 15.9. The first-order valence-electron chi connectivity index (χ1n) is 8.27. The molecule has 4 aliphatic rings. The fraction of sp³-hybridized carbons (Fsp3) is 0.867. The van der Waals surface area contributed by atoms with Gasteiger partial charge in [0.1, 0.15) is 0 Å². The predicted octanol–water partition coefficient (Wildman–Crippen LogP) is 0.565. The Balaban J connectivity index is 0.00000144. The van der Waals surface area contributed by atoms with Crippen LogP contribution in [0, 0.1) is 5.92 Å². The average molecular weight is 329 g/mol. The van der Waals surface area contributed by atoms with E-state index in [1.165, 1.54) is 12.8 Å². The molecule has 4 heterocycles. The molecule has 4 fully saturated rings. The van der Waals surface area contributed by atoms with E-state index in [4.69, 9.17) is 0 Å². The van der Waals surface area contributed by atoms with Crippen LogP contribution in [0.25, 0.3) is 0 Å². The van der Waals surface area contributed by atoms with E-state index >= 15 is 0 Å². The van der Waals surface area contributed by atoms with Crippen LogP contribution in [-0.2, 0) is 4.79 Å². The van der Waals surface area contributed by atoms with Crippen molar-refractivity contribution >= 4 is 24.3 Å². The number of fused-ring (bicyclic) bond motifs is 3. The Kier molecular flexibility index (Phi) is 4.50. The van der Waals surface area contributed by atoms with Crippen LogP contribution in [0.2, 0.25) is 0 Å². The third kappa shape index (κ3) is 2.91. The molecule has 4 aliphatic heterocycles. The number of nitrogens with zero attached hydrogens (tertiary/aromatic N) is 2. The number of urea groups is 1. The molecule has 4 rings (SSSR count). The molecular formula is C15H25ClN4O2. The van der Waals surface area contributed by atoms with Crippen molar-refractivity contribution in [2.45, 2.75) is 50.2 Å². The van der Waals surface area contributed by atoms with E-state index < -0.39 is 0 Å². The number of nitrogens with one attached hydrogen (secondary N) is 2. The Hall–Kier alpha value is -1.01. The maximum atomic E-state index is 12.6. The van der Waals surface area contributed by atoms with Gasteiger partial charge in [0.15, 0.2) is 0 Å². The lowest BCUT2D eigenvalue weighted by molar-refractivity contribution is -0.134. The molecule has 2 N–H and O–H groups in total. The van der Waals surface area contributed by atoms with Crippen molar-refractivity contribution in [1.82, 2.24) is 20.4 Å². The average Bonchev–Trinajstić information content (AvgIpc) is 3.02. The summed E-state index contributed by atoms with van der Waals surface area (Å²) >= 11 is 0. The minimum absolute atomic E-state index is 0. The van der Waals surface area contributed by atoms with Crippen molar-refractivity contribution in [2.75, 3.05) is 26.2 Å². The zero-order chi connectivity index (χ0) is 14.4. The van der Waals surface area contributed by atoms with E-state index in [1.54, 1.807) is 0 Å². The van der Waals surface area contributed by atoms with Crippen molar-refractivity contribution in [2.24, 2.45) is 5.92 Å². The molecule has 0 aromatic rings. The molecule has 4 saturated heterocycles. The molecule has 0 aliphatic carbocycles. The zero-order valence-corrected chi connectivity index (χ0v) is 13.6. The predicted molar refractivity (Wildman–Crippen MR) is 85.0 cm³/mol. The molecule has 3 unspecified atom stereocenters. The van der Waals surface area contributed by atoms with Crippen molar-refractivity contribution in [3.8, 4) is 0 Å². The fourth-order valence-corrected chi connectivity index (χ4v) is 4.55. The molecule has 0 spiro atoms. The van der Waals surface area contributed by atoms with Crippen LogP contribution in [0.5, 0.6) is 0 Å². The number of amides is 3. The maximum Gasteiger partial charge on any atom is 0.317 e. The number of rotatable bonds is 2. The lowest BCUT2D eigenvalue weighted by atomic mass is 9.89. The SMILES string of the molecule is Cl.O=C(CC1CC2CCC(C1)N2)N1CCN2C(=O)NCC2C1. The quantitative estimate of drug-likeness (QED) is 0.778. The van der Waals surface area contributed by atoms with Crippen LogP contribution in [0.15, 0.2) is 0 Å². The number of piperidine rings is 1. The molecule has 0 aromatic carbocycles. The molecule has 3 atom stereocenters. The van der Waals surface area contributed by atoms with E-state index in [-0.39, 0.29) is 24.5 Å². The summed E-state index contributed by atoms with van der Waals surface area (Å²) in [6.07, 6.45) is 5.58. The van der Waals surface area contributed by atoms with Gasteiger partial charge in [-0.2, -0.15) is 0 Å². The van der Waals surface area contributed by atoms with Gasteiger partial charge in [0.25, 0.3) is 0 Å². The first-order chi connectivity index (χ1) is 10.2. The summed E-state index contributed by atoms with van der Waals surface area (Å²) in [5, 5.41) is 6.49. The van der Waals surface area contributed by atoms with Gasteiger partial charge in [0.05, 0.1) is 6.04 Å². The van der Waals surface area contributed by atoms with E-state index in [9.17, 15) is 9.59 Å². The van der Waals surface area contributed by atoms with Gasteiger partial charge >= 0.3 is 6.03 Å². The third-order valence-electron chi connectivity index (χ3n) is 5.62. The monoisotopic (exact) mass is 328 g/mol. The lowest BCUT2D eigenvalue weighted by Gasteiger charge is -2.37. The van der Waals surface area contributed by atoms with Gasteiger partial charge in [-0.15, -0.1) is 12.4 Å². The van der Waals surface area contributed by atoms with Crippen molar-refractivity contribution < 1.29 is 9.59 Å². The first-order valence-corrected chi connectivity index (χ1v) is 8.27. The molecule has 0 saturated carbocycles. The summed E-state index contributed by atoms with van der Waals surface area (Å²) in [7, 11) is 0. The van der Waals surface area contributed by atoms with E-state index in [0.29, 0.717) is 56.5 Å². The topological polar surface area (TPSA) is 64.7 Å². The summed E-state index contributed by atoms with van der Waals surface area (Å²) in [5.41, 5.74) is 0. The normalized spacial score (nSPS) is 36.6. The Morgan fingerprint density at radius 2 is 1.91 bits per heavy atom. The molecule has 0 radical (unpaired) electrons. The van der Waals surface area contributed by atoms with Crippen LogP contribution in [-0.4, -0.2) is 66.0 Å².